The van der Waals surface area contributed by atoms with Crippen LogP contribution in [-0.2, 0) is 0 Å². The van der Waals surface area contributed by atoms with Gasteiger partial charge in [-0.15, -0.1) is 0 Å². The third-order valence-electron chi connectivity index (χ3n) is 19.5. The maximum Gasteiger partial charge on any atom is 0.237 e. The van der Waals surface area contributed by atoms with Crippen LogP contribution in [0.25, 0.3) is 190 Å². The molecule has 0 atom stereocenters. The predicted molar refractivity (Wildman–Crippen MR) is 406 cm³/mol. The van der Waals surface area contributed by atoms with Gasteiger partial charge in [0.15, 0.2) is 0 Å². The molecule has 11 nitrogen and oxygen atoms in total. The molecular weight excluding hydrogens is 1220 g/mol. The molecule has 9 heterocycles. The van der Waals surface area contributed by atoms with Crippen LogP contribution in [0.2, 0.25) is 0 Å². The molecule has 0 radical (unpaired) electrons. The Bertz CT molecular complexity index is 6020. The highest BCUT2D eigenvalue weighted by Gasteiger charge is 2.25. The standard InChI is InChI=1S/C89H55N11/c1-4-24-56(25-5-1)72-50-61(51-73(91-72)57-26-6-2-7-27-57)75-54-86(97-78-37-16-10-30-63(78)64-31-11-17-38-79(64)97)95-89(93-75)100-83-42-21-15-35-68(83)70-49-60(44-46-85(70)100)59-43-45-84-69(48-59)67-34-14-18-39-80(67)98(84)87-55-76(94-88(96-87)99-81-40-19-12-32-65(81)66-33-13-20-41-82(66)99)62-52-74(58-28-8-3-9-29-58)92-77(53-62)71-36-22-23-47-90-71/h1-55H. The smallest absolute Gasteiger partial charge is 0.237 e. The molecule has 466 valence electrons. The Balaban J connectivity index is 0.771. The van der Waals surface area contributed by atoms with Crippen molar-refractivity contribution in [2.24, 2.45) is 0 Å². The van der Waals surface area contributed by atoms with E-state index in [0.717, 1.165) is 178 Å². The van der Waals surface area contributed by atoms with Crippen molar-refractivity contribution in [2.75, 3.05) is 0 Å². The Labute approximate surface area is 573 Å². The van der Waals surface area contributed by atoms with E-state index in [4.69, 9.17) is 34.9 Å². The van der Waals surface area contributed by atoms with Gasteiger partial charge in [0.25, 0.3) is 0 Å². The van der Waals surface area contributed by atoms with Gasteiger partial charge >= 0.3 is 0 Å². The molecule has 0 saturated carbocycles. The fourth-order valence-corrected chi connectivity index (χ4v) is 14.9. The SMILES string of the molecule is c1ccc(-c2cc(-c3cc(-n4c5ccccc5c5ccccc54)nc(-n4c5ccccc5c5cc(-c6ccc7c(c6)c6ccccc6n7-c6cc(-c7cc(-c8ccccc8)nc(-c8ccccn8)c7)nc(-n7c8ccccc8c8ccccc87)n6)ccc54)n3)cc(-c3ccccc3)n2)cc1. The topological polar surface area (TPSA) is 110 Å². The van der Waals surface area contributed by atoms with Crippen LogP contribution < -0.4 is 0 Å². The number of para-hydroxylation sites is 6. The summed E-state index contributed by atoms with van der Waals surface area (Å²) in [6.45, 7) is 0. The lowest BCUT2D eigenvalue weighted by Crippen LogP contribution is -2.07. The van der Waals surface area contributed by atoms with Gasteiger partial charge in [0.1, 0.15) is 11.6 Å². The summed E-state index contributed by atoms with van der Waals surface area (Å²) in [5.74, 6) is 2.56. The minimum absolute atomic E-state index is 0.546. The third kappa shape index (κ3) is 9.32. The lowest BCUT2D eigenvalue weighted by molar-refractivity contribution is 0.951. The molecule has 20 aromatic rings. The molecule has 9 aromatic heterocycles. The highest BCUT2D eigenvalue weighted by atomic mass is 15.2. The van der Waals surface area contributed by atoms with Crippen molar-refractivity contribution < 1.29 is 0 Å². The molecule has 11 aromatic carbocycles. The van der Waals surface area contributed by atoms with Crippen LogP contribution in [-0.4, -0.2) is 53.2 Å². The van der Waals surface area contributed by atoms with E-state index in [0.29, 0.717) is 11.9 Å². The first-order chi connectivity index (χ1) is 49.6. The summed E-state index contributed by atoms with van der Waals surface area (Å²) >= 11 is 0. The molecule has 100 heavy (non-hydrogen) atoms. The summed E-state index contributed by atoms with van der Waals surface area (Å²) in [6, 6.07) is 115. The minimum Gasteiger partial charge on any atom is -0.294 e. The number of hydrogen-bond donors (Lipinski definition) is 0. The molecule has 0 N–H and O–H groups in total. The van der Waals surface area contributed by atoms with Crippen LogP contribution >= 0.6 is 0 Å². The zero-order chi connectivity index (χ0) is 65.8. The van der Waals surface area contributed by atoms with E-state index >= 15 is 0 Å². The zero-order valence-electron chi connectivity index (χ0n) is 53.7. The summed E-state index contributed by atoms with van der Waals surface area (Å²) in [5.41, 5.74) is 20.6. The van der Waals surface area contributed by atoms with E-state index < -0.39 is 0 Å². The maximum atomic E-state index is 5.66. The molecule has 0 aliphatic carbocycles. The molecule has 0 amide bonds. The Morgan fingerprint density at radius 3 is 0.850 bits per heavy atom. The average Bonchev–Trinajstić information content (AvgIpc) is 1.55. The molecule has 0 saturated heterocycles. The van der Waals surface area contributed by atoms with Crippen molar-refractivity contribution in [1.82, 2.24) is 53.2 Å². The van der Waals surface area contributed by atoms with Gasteiger partial charge in [-0.1, -0.05) is 218 Å². The van der Waals surface area contributed by atoms with Crippen LogP contribution in [0.15, 0.2) is 334 Å². The number of rotatable bonds is 11. The minimum atomic E-state index is 0.546. The van der Waals surface area contributed by atoms with Gasteiger partial charge in [0.05, 0.1) is 84.0 Å². The van der Waals surface area contributed by atoms with E-state index in [2.05, 4.69) is 297 Å². The number of hydrogen-bond acceptors (Lipinski definition) is 7. The number of fused-ring (bicyclic) bond motifs is 12. The van der Waals surface area contributed by atoms with Crippen LogP contribution in [0.3, 0.4) is 0 Å². The fourth-order valence-electron chi connectivity index (χ4n) is 14.9. The molecular formula is C89H55N11. The quantitative estimate of drug-likeness (QED) is 0.127. The van der Waals surface area contributed by atoms with Gasteiger partial charge in [0.2, 0.25) is 11.9 Å². The zero-order valence-corrected chi connectivity index (χ0v) is 53.7. The Morgan fingerprint density at radius 1 is 0.170 bits per heavy atom. The van der Waals surface area contributed by atoms with E-state index in [1.165, 1.54) is 0 Å². The van der Waals surface area contributed by atoms with E-state index in [-0.39, 0.29) is 0 Å². The van der Waals surface area contributed by atoms with Crippen LogP contribution in [0.1, 0.15) is 0 Å². The van der Waals surface area contributed by atoms with Crippen molar-refractivity contribution in [3.63, 3.8) is 0 Å². The van der Waals surface area contributed by atoms with Gasteiger partial charge in [-0.2, -0.15) is 9.97 Å². The van der Waals surface area contributed by atoms with E-state index in [1.807, 2.05) is 54.7 Å². The summed E-state index contributed by atoms with van der Waals surface area (Å²) in [4.78, 5) is 37.8. The second kappa shape index (κ2) is 23.0. The van der Waals surface area contributed by atoms with Crippen molar-refractivity contribution in [3.05, 3.63) is 334 Å². The number of pyridine rings is 3. The largest absolute Gasteiger partial charge is 0.294 e. The van der Waals surface area contributed by atoms with Crippen molar-refractivity contribution in [1.29, 1.82) is 0 Å². The third-order valence-corrected chi connectivity index (χ3v) is 19.5. The van der Waals surface area contributed by atoms with Gasteiger partial charge in [-0.05, 0) is 108 Å². The molecule has 20 rings (SSSR count). The van der Waals surface area contributed by atoms with Crippen molar-refractivity contribution in [2.45, 2.75) is 0 Å². The van der Waals surface area contributed by atoms with Gasteiger partial charge in [-0.3, -0.25) is 23.3 Å². The number of aromatic nitrogens is 11. The predicted octanol–water partition coefficient (Wildman–Crippen LogP) is 21.5. The van der Waals surface area contributed by atoms with Crippen molar-refractivity contribution in [3.8, 4) is 102 Å². The van der Waals surface area contributed by atoms with Crippen LogP contribution in [0.5, 0.6) is 0 Å². The molecule has 0 bridgehead atoms. The Morgan fingerprint density at radius 2 is 0.470 bits per heavy atom. The summed E-state index contributed by atoms with van der Waals surface area (Å²) in [7, 11) is 0. The highest BCUT2D eigenvalue weighted by molar-refractivity contribution is 6.14. The maximum absolute atomic E-state index is 5.66. The second-order valence-electron chi connectivity index (χ2n) is 25.3. The second-order valence-corrected chi connectivity index (χ2v) is 25.3. The van der Waals surface area contributed by atoms with Gasteiger partial charge < -0.3 is 0 Å². The van der Waals surface area contributed by atoms with Gasteiger partial charge in [-0.25, -0.2) is 19.9 Å². The Kier molecular flexibility index (Phi) is 13.0. The van der Waals surface area contributed by atoms with E-state index in [9.17, 15) is 0 Å². The van der Waals surface area contributed by atoms with Crippen LogP contribution in [0.4, 0.5) is 0 Å². The molecule has 0 aliphatic heterocycles. The summed E-state index contributed by atoms with van der Waals surface area (Å²) < 4.78 is 9.02. The first kappa shape index (κ1) is 56.6. The molecule has 0 spiro atoms. The highest BCUT2D eigenvalue weighted by Crippen LogP contribution is 2.42. The average molecular weight is 1280 g/mol. The molecule has 11 heteroatoms. The lowest BCUT2D eigenvalue weighted by Gasteiger charge is -2.15. The van der Waals surface area contributed by atoms with Crippen molar-refractivity contribution >= 4 is 87.2 Å². The molecule has 0 fully saturated rings. The first-order valence-corrected chi connectivity index (χ1v) is 33.5. The number of nitrogens with zero attached hydrogens (tertiary/aromatic N) is 11. The number of benzene rings is 11. The first-order valence-electron chi connectivity index (χ1n) is 33.5. The fraction of sp³-hybridized carbons (Fsp3) is 0. The van der Waals surface area contributed by atoms with Gasteiger partial charge in [0, 0.05) is 89.2 Å². The molecule has 0 aliphatic rings. The molecule has 0 unspecified atom stereocenters. The Hall–Kier alpha value is -13.8. The summed E-state index contributed by atoms with van der Waals surface area (Å²) in [6.07, 6.45) is 1.81. The van der Waals surface area contributed by atoms with E-state index in [1.54, 1.807) is 0 Å². The monoisotopic (exact) mass is 1280 g/mol. The normalized spacial score (nSPS) is 11.8. The van der Waals surface area contributed by atoms with Crippen LogP contribution in [0, 0.1) is 0 Å². The summed E-state index contributed by atoms with van der Waals surface area (Å²) in [5, 5.41) is 8.89. The lowest BCUT2D eigenvalue weighted by atomic mass is 10.0.